The quantitative estimate of drug-likeness (QED) is 0.301. The Morgan fingerprint density at radius 3 is 1.92 bits per heavy atom. The Bertz CT molecular complexity index is 1540. The maximum atomic E-state index is 14.0. The number of carbonyl (C=O) groups excluding carboxylic acids is 2. The van der Waals surface area contributed by atoms with Gasteiger partial charge in [0.2, 0.25) is 5.91 Å². The summed E-state index contributed by atoms with van der Waals surface area (Å²) in [7, 11) is -2.32. The number of likely N-dealkylation sites (tertiary alicyclic amines) is 1. The number of amides is 3. The second kappa shape index (κ2) is 15.0. The average molecular weight is 713 g/mol. The summed E-state index contributed by atoms with van der Waals surface area (Å²) in [6.45, 7) is 7.36. The molecule has 1 N–H and O–H groups in total. The number of urea groups is 1. The van der Waals surface area contributed by atoms with Crippen molar-refractivity contribution in [2.75, 3.05) is 46.0 Å². The van der Waals surface area contributed by atoms with Crippen molar-refractivity contribution in [2.24, 2.45) is 0 Å². The molecule has 17 heteroatoms. The maximum absolute atomic E-state index is 14.0. The minimum absolute atomic E-state index is 0.000149. The molecule has 4 rings (SSSR count). The first-order valence-electron chi connectivity index (χ1n) is 15.0. The number of nitrogens with zero attached hydrogens (tertiary/aromatic N) is 4. The summed E-state index contributed by atoms with van der Waals surface area (Å²) in [5.74, 6) is -0.442. The molecule has 0 radical (unpaired) electrons. The molecule has 2 aliphatic rings. The molecule has 0 saturated carbocycles. The number of halogens is 7. The van der Waals surface area contributed by atoms with Gasteiger partial charge >= 0.3 is 18.4 Å². The van der Waals surface area contributed by atoms with Crippen LogP contribution in [0.15, 0.2) is 36.4 Å². The number of piperazine rings is 1. The van der Waals surface area contributed by atoms with E-state index in [4.69, 9.17) is 4.55 Å². The minimum Gasteiger partial charge on any atom is -0.340 e. The molecule has 48 heavy (non-hydrogen) atoms. The third-order valence-electron chi connectivity index (χ3n) is 8.66. The van der Waals surface area contributed by atoms with Crippen LogP contribution in [0.2, 0.25) is 0 Å². The molecule has 0 aliphatic carbocycles. The van der Waals surface area contributed by atoms with E-state index in [1.54, 1.807) is 22.8 Å². The van der Waals surface area contributed by atoms with Crippen LogP contribution in [-0.2, 0) is 27.3 Å². The van der Waals surface area contributed by atoms with Crippen LogP contribution in [0.4, 0.5) is 35.5 Å². The topological polar surface area (TPSA) is 101 Å². The van der Waals surface area contributed by atoms with Gasteiger partial charge < -0.3 is 14.7 Å². The van der Waals surface area contributed by atoms with Crippen molar-refractivity contribution >= 4 is 22.1 Å². The standard InChI is InChI=1S/C30H35F7N4O2.CH4O3S/c1-18-13-24(31)5-6-26(18)27-17-25(40-11-9-39(10-12-40)20(3)42)7-8-41(27)28(43)38(4)19(2)21-14-22(29(32,33)34)16-23(15-21)30(35,36)37;1-5(2,3)4/h5-6,13-16,19,25,27H,7-12,17H2,1-4H3;1H3,(H,2,3,4). The van der Waals surface area contributed by atoms with Crippen molar-refractivity contribution in [3.8, 4) is 0 Å². The van der Waals surface area contributed by atoms with E-state index >= 15 is 0 Å². The van der Waals surface area contributed by atoms with Gasteiger partial charge in [0, 0.05) is 52.7 Å². The van der Waals surface area contributed by atoms with Crippen molar-refractivity contribution in [3.05, 3.63) is 70.0 Å². The number of benzene rings is 2. The van der Waals surface area contributed by atoms with E-state index in [1.165, 1.54) is 33.0 Å². The highest BCUT2D eigenvalue weighted by Crippen LogP contribution is 2.40. The summed E-state index contributed by atoms with van der Waals surface area (Å²) >= 11 is 0. The lowest BCUT2D eigenvalue weighted by atomic mass is 9.88. The second-order valence-corrected chi connectivity index (χ2v) is 13.5. The maximum Gasteiger partial charge on any atom is 0.416 e. The SMILES string of the molecule is CC(=O)N1CCN(C2CCN(C(=O)N(C)C(C)c3cc(C(F)(F)F)cc(C(F)(F)F)c3)C(c3ccc(F)cc3C)C2)CC1.CS(=O)(=O)O. The van der Waals surface area contributed by atoms with E-state index in [1.807, 2.05) is 0 Å². The van der Waals surface area contributed by atoms with Crippen LogP contribution in [-0.4, -0.2) is 96.6 Å². The summed E-state index contributed by atoms with van der Waals surface area (Å²) in [4.78, 5) is 32.4. The normalized spacial score (nSPS) is 20.1. The van der Waals surface area contributed by atoms with Gasteiger partial charge in [-0.25, -0.2) is 9.18 Å². The highest BCUT2D eigenvalue weighted by atomic mass is 32.2. The van der Waals surface area contributed by atoms with E-state index in [0.717, 1.165) is 4.90 Å². The van der Waals surface area contributed by atoms with Gasteiger partial charge in [0.25, 0.3) is 10.1 Å². The number of rotatable bonds is 4. The largest absolute Gasteiger partial charge is 0.416 e. The lowest BCUT2D eigenvalue weighted by Gasteiger charge is -2.47. The highest BCUT2D eigenvalue weighted by molar-refractivity contribution is 7.85. The fourth-order valence-electron chi connectivity index (χ4n) is 6.03. The monoisotopic (exact) mass is 712 g/mol. The van der Waals surface area contributed by atoms with Crippen LogP contribution in [0.25, 0.3) is 0 Å². The van der Waals surface area contributed by atoms with Gasteiger partial charge in [-0.2, -0.15) is 34.8 Å². The van der Waals surface area contributed by atoms with Crippen LogP contribution >= 0.6 is 0 Å². The van der Waals surface area contributed by atoms with E-state index in [2.05, 4.69) is 4.90 Å². The number of aryl methyl sites for hydroxylation is 1. The first-order chi connectivity index (χ1) is 22.0. The molecule has 2 saturated heterocycles. The zero-order valence-corrected chi connectivity index (χ0v) is 27.9. The molecule has 2 aromatic rings. The number of piperidine rings is 1. The van der Waals surface area contributed by atoms with E-state index in [-0.39, 0.29) is 30.1 Å². The molecular weight excluding hydrogens is 673 g/mol. The zero-order valence-electron chi connectivity index (χ0n) is 27.1. The highest BCUT2D eigenvalue weighted by Gasteiger charge is 2.40. The molecule has 0 aromatic heterocycles. The fraction of sp³-hybridized carbons (Fsp3) is 0.548. The Hall–Kier alpha value is -3.44. The van der Waals surface area contributed by atoms with Gasteiger partial charge in [0.1, 0.15) is 5.82 Å². The van der Waals surface area contributed by atoms with Crippen LogP contribution < -0.4 is 0 Å². The van der Waals surface area contributed by atoms with Crippen LogP contribution in [0.3, 0.4) is 0 Å². The summed E-state index contributed by atoms with van der Waals surface area (Å²) in [6.07, 6.45) is -8.25. The molecule has 268 valence electrons. The number of carbonyl (C=O) groups is 2. The number of hydrogen-bond donors (Lipinski definition) is 1. The molecular formula is C31H39F7N4O5S. The van der Waals surface area contributed by atoms with Crippen LogP contribution in [0, 0.1) is 12.7 Å². The molecule has 2 heterocycles. The third kappa shape index (κ3) is 10.3. The van der Waals surface area contributed by atoms with E-state index in [9.17, 15) is 48.7 Å². The van der Waals surface area contributed by atoms with Gasteiger partial charge in [-0.1, -0.05) is 6.07 Å². The third-order valence-corrected chi connectivity index (χ3v) is 8.66. The van der Waals surface area contributed by atoms with Crippen molar-refractivity contribution in [3.63, 3.8) is 0 Å². The van der Waals surface area contributed by atoms with E-state index < -0.39 is 57.5 Å². The van der Waals surface area contributed by atoms with Crippen molar-refractivity contribution in [1.29, 1.82) is 0 Å². The Kier molecular flexibility index (Phi) is 12.2. The van der Waals surface area contributed by atoms with Gasteiger partial charge in [-0.05, 0) is 73.7 Å². The zero-order chi connectivity index (χ0) is 36.4. The average Bonchev–Trinajstić information content (AvgIpc) is 2.98. The summed E-state index contributed by atoms with van der Waals surface area (Å²) in [5, 5.41) is 0. The Morgan fingerprint density at radius 1 is 0.938 bits per heavy atom. The van der Waals surface area contributed by atoms with Crippen LogP contribution in [0.5, 0.6) is 0 Å². The molecule has 3 atom stereocenters. The molecule has 9 nitrogen and oxygen atoms in total. The smallest absolute Gasteiger partial charge is 0.340 e. The van der Waals surface area contributed by atoms with Crippen molar-refractivity contribution in [2.45, 2.75) is 64.1 Å². The summed E-state index contributed by atoms with van der Waals surface area (Å²) in [6, 6.07) is 3.46. The predicted octanol–water partition coefficient (Wildman–Crippen LogP) is 6.16. The van der Waals surface area contributed by atoms with Crippen molar-refractivity contribution in [1.82, 2.24) is 19.6 Å². The second-order valence-electron chi connectivity index (χ2n) is 12.1. The first kappa shape index (κ1) is 39.0. The summed E-state index contributed by atoms with van der Waals surface area (Å²) < 4.78 is 121. The summed E-state index contributed by atoms with van der Waals surface area (Å²) in [5.41, 5.74) is -1.87. The Balaban J connectivity index is 0.00000116. The molecule has 0 spiro atoms. The molecule has 0 bridgehead atoms. The van der Waals surface area contributed by atoms with Gasteiger partial charge in [-0.15, -0.1) is 0 Å². The van der Waals surface area contributed by atoms with Gasteiger partial charge in [0.15, 0.2) is 0 Å². The molecule has 2 aliphatic heterocycles. The van der Waals surface area contributed by atoms with Crippen molar-refractivity contribution < 1.29 is 53.3 Å². The Morgan fingerprint density at radius 2 is 1.46 bits per heavy atom. The molecule has 3 unspecified atom stereocenters. The van der Waals surface area contributed by atoms with Crippen LogP contribution in [0.1, 0.15) is 66.6 Å². The molecule has 2 fully saturated rings. The van der Waals surface area contributed by atoms with E-state index in [0.29, 0.717) is 68.5 Å². The predicted molar refractivity (Wildman–Crippen MR) is 163 cm³/mol. The molecule has 2 aromatic carbocycles. The lowest BCUT2D eigenvalue weighted by Crippen LogP contribution is -2.56. The number of alkyl halides is 6. The lowest BCUT2D eigenvalue weighted by molar-refractivity contribution is -0.143. The van der Waals surface area contributed by atoms with Gasteiger partial charge in [0.05, 0.1) is 29.5 Å². The van der Waals surface area contributed by atoms with Gasteiger partial charge in [-0.3, -0.25) is 14.2 Å². The first-order valence-corrected chi connectivity index (χ1v) is 16.8. The Labute approximate surface area is 275 Å². The fourth-order valence-corrected chi connectivity index (χ4v) is 6.03. The molecule has 3 amide bonds. The number of hydrogen-bond acceptors (Lipinski definition) is 5. The minimum atomic E-state index is -5.01.